The average Bonchev–Trinajstić information content (AvgIpc) is 2.81. The van der Waals surface area contributed by atoms with Gasteiger partial charge < -0.3 is 20.4 Å². The first kappa shape index (κ1) is 23.5. The highest BCUT2D eigenvalue weighted by molar-refractivity contribution is 5.97. The highest BCUT2D eigenvalue weighted by Gasteiger charge is 2.12. The van der Waals surface area contributed by atoms with Crippen LogP contribution in [0.1, 0.15) is 52.8 Å². The van der Waals surface area contributed by atoms with Crippen LogP contribution in [0.15, 0.2) is 64.6 Å². The van der Waals surface area contributed by atoms with Crippen LogP contribution < -0.4 is 0 Å². The van der Waals surface area contributed by atoms with E-state index in [1.165, 1.54) is 36.7 Å². The molecular weight excluding hydrogens is 446 g/mol. The number of carboxylic acid groups (broad SMARTS) is 4. The summed E-state index contributed by atoms with van der Waals surface area (Å²) in [5.74, 6) is -5.19. The molecule has 4 N–H and O–H groups in total. The summed E-state index contributed by atoms with van der Waals surface area (Å²) < 4.78 is 0. The van der Waals surface area contributed by atoms with Crippen LogP contribution in [-0.4, -0.2) is 61.7 Å². The van der Waals surface area contributed by atoms with Crippen LogP contribution in [0.25, 0.3) is 0 Å². The Balaban J connectivity index is 1.88. The SMILES string of the molecule is O=C(O)c1cc(/N=C/c2cccc(/C=N/c3cc(C(=O)O)cc(C(=O)O)c3)n2)cc(C(=O)O)c1. The van der Waals surface area contributed by atoms with Crippen LogP contribution in [0.5, 0.6) is 0 Å². The molecule has 34 heavy (non-hydrogen) atoms. The predicted molar refractivity (Wildman–Crippen MR) is 119 cm³/mol. The Labute approximate surface area is 191 Å². The number of carbonyl (C=O) groups is 4. The summed E-state index contributed by atoms with van der Waals surface area (Å²) >= 11 is 0. The monoisotopic (exact) mass is 461 g/mol. The van der Waals surface area contributed by atoms with E-state index in [-0.39, 0.29) is 33.6 Å². The molecule has 0 radical (unpaired) electrons. The number of hydrogen-bond donors (Lipinski definition) is 4. The van der Waals surface area contributed by atoms with Crippen molar-refractivity contribution in [3.8, 4) is 0 Å². The number of aromatic nitrogens is 1. The largest absolute Gasteiger partial charge is 0.478 e. The number of aromatic carboxylic acids is 4. The van der Waals surface area contributed by atoms with Gasteiger partial charge in [0.05, 0.1) is 57.4 Å². The fourth-order valence-electron chi connectivity index (χ4n) is 2.76. The molecule has 0 unspecified atom stereocenters. The molecule has 11 nitrogen and oxygen atoms in total. The Hall–Kier alpha value is -5.19. The van der Waals surface area contributed by atoms with Gasteiger partial charge in [0.1, 0.15) is 0 Å². The number of pyridine rings is 1. The molecule has 2 aromatic carbocycles. The Morgan fingerprint density at radius 2 is 0.912 bits per heavy atom. The van der Waals surface area contributed by atoms with Crippen molar-refractivity contribution in [2.45, 2.75) is 0 Å². The third-order valence-electron chi connectivity index (χ3n) is 4.31. The van der Waals surface area contributed by atoms with Gasteiger partial charge in [0.15, 0.2) is 0 Å². The van der Waals surface area contributed by atoms with E-state index in [9.17, 15) is 19.2 Å². The number of rotatable bonds is 8. The van der Waals surface area contributed by atoms with E-state index in [0.29, 0.717) is 11.4 Å². The summed E-state index contributed by atoms with van der Waals surface area (Å²) in [7, 11) is 0. The van der Waals surface area contributed by atoms with Crippen LogP contribution in [0, 0.1) is 0 Å². The lowest BCUT2D eigenvalue weighted by Gasteiger charge is -2.02. The van der Waals surface area contributed by atoms with Gasteiger partial charge >= 0.3 is 23.9 Å². The molecule has 0 atom stereocenters. The smallest absolute Gasteiger partial charge is 0.335 e. The highest BCUT2D eigenvalue weighted by Crippen LogP contribution is 2.20. The lowest BCUT2D eigenvalue weighted by atomic mass is 10.1. The number of benzene rings is 2. The number of nitrogens with zero attached hydrogens (tertiary/aromatic N) is 3. The van der Waals surface area contributed by atoms with Crippen molar-refractivity contribution >= 4 is 47.7 Å². The highest BCUT2D eigenvalue weighted by atomic mass is 16.4. The van der Waals surface area contributed by atoms with Crippen LogP contribution in [0.4, 0.5) is 11.4 Å². The standard InChI is InChI=1S/C23H15N3O8/c27-20(28)12-4-13(21(29)30)7-18(6-12)24-10-16-2-1-3-17(26-16)11-25-19-8-14(22(31)32)5-15(9-19)23(33)34/h1-11H,(H,27,28)(H,29,30)(H,31,32)(H,33,34)/b24-10+,25-11+. The van der Waals surface area contributed by atoms with E-state index in [2.05, 4.69) is 15.0 Å². The molecule has 0 amide bonds. The van der Waals surface area contributed by atoms with Crippen molar-refractivity contribution in [2.24, 2.45) is 9.98 Å². The van der Waals surface area contributed by atoms with Gasteiger partial charge in [-0.05, 0) is 48.5 Å². The fourth-order valence-corrected chi connectivity index (χ4v) is 2.76. The topological polar surface area (TPSA) is 187 Å². The van der Waals surface area contributed by atoms with Crippen molar-refractivity contribution < 1.29 is 39.6 Å². The Morgan fingerprint density at radius 3 is 1.21 bits per heavy atom. The summed E-state index contributed by atoms with van der Waals surface area (Å²) in [6.07, 6.45) is 2.61. The maximum atomic E-state index is 11.2. The van der Waals surface area contributed by atoms with Crippen LogP contribution in [0.2, 0.25) is 0 Å². The Morgan fingerprint density at radius 1 is 0.588 bits per heavy atom. The predicted octanol–water partition coefficient (Wildman–Crippen LogP) is 3.38. The first-order valence-corrected chi connectivity index (χ1v) is 9.41. The molecule has 1 aromatic heterocycles. The van der Waals surface area contributed by atoms with Gasteiger partial charge in [0, 0.05) is 0 Å². The zero-order chi connectivity index (χ0) is 24.8. The molecule has 0 fully saturated rings. The number of aliphatic imine (C=N–C) groups is 2. The maximum Gasteiger partial charge on any atom is 0.335 e. The second kappa shape index (κ2) is 9.96. The molecule has 1 heterocycles. The molecule has 0 aliphatic carbocycles. The van der Waals surface area contributed by atoms with E-state index < -0.39 is 23.9 Å². The summed E-state index contributed by atoms with van der Waals surface area (Å²) in [6.45, 7) is 0. The van der Waals surface area contributed by atoms with Gasteiger partial charge in [-0.2, -0.15) is 0 Å². The van der Waals surface area contributed by atoms with E-state index in [1.807, 2.05) is 0 Å². The number of carboxylic acids is 4. The van der Waals surface area contributed by atoms with Crippen LogP contribution >= 0.6 is 0 Å². The van der Waals surface area contributed by atoms with Gasteiger partial charge in [-0.3, -0.25) is 9.98 Å². The van der Waals surface area contributed by atoms with Gasteiger partial charge in [-0.25, -0.2) is 24.2 Å². The van der Waals surface area contributed by atoms with E-state index in [1.54, 1.807) is 18.2 Å². The van der Waals surface area contributed by atoms with Gasteiger partial charge in [0.2, 0.25) is 0 Å². The van der Waals surface area contributed by atoms with Gasteiger partial charge in [0.25, 0.3) is 0 Å². The van der Waals surface area contributed by atoms with Gasteiger partial charge in [-0.1, -0.05) is 6.07 Å². The lowest BCUT2D eigenvalue weighted by molar-refractivity contribution is 0.0676. The van der Waals surface area contributed by atoms with E-state index >= 15 is 0 Å². The quantitative estimate of drug-likeness (QED) is 0.365. The van der Waals surface area contributed by atoms with Crippen LogP contribution in [-0.2, 0) is 0 Å². The third kappa shape index (κ3) is 5.95. The Bertz CT molecular complexity index is 1210. The van der Waals surface area contributed by atoms with Crippen LogP contribution in [0.3, 0.4) is 0 Å². The van der Waals surface area contributed by atoms with Crippen molar-refractivity contribution in [2.75, 3.05) is 0 Å². The molecule has 11 heteroatoms. The minimum Gasteiger partial charge on any atom is -0.478 e. The molecule has 0 aliphatic heterocycles. The molecule has 3 rings (SSSR count). The molecule has 3 aromatic rings. The minimum absolute atomic E-state index is 0.102. The first-order chi connectivity index (χ1) is 16.1. The van der Waals surface area contributed by atoms with Gasteiger partial charge in [-0.15, -0.1) is 0 Å². The molecular formula is C23H15N3O8. The van der Waals surface area contributed by atoms with Crippen molar-refractivity contribution in [1.82, 2.24) is 4.98 Å². The average molecular weight is 461 g/mol. The van der Waals surface area contributed by atoms with Crippen molar-refractivity contribution in [1.29, 1.82) is 0 Å². The third-order valence-corrected chi connectivity index (χ3v) is 4.31. The second-order valence-electron chi connectivity index (χ2n) is 6.76. The normalized spacial score (nSPS) is 11.1. The molecule has 0 saturated heterocycles. The second-order valence-corrected chi connectivity index (χ2v) is 6.76. The zero-order valence-electron chi connectivity index (χ0n) is 17.1. The molecule has 170 valence electrons. The lowest BCUT2D eigenvalue weighted by Crippen LogP contribution is -2.02. The molecule has 0 aliphatic rings. The molecule has 0 bridgehead atoms. The van der Waals surface area contributed by atoms with Crippen molar-refractivity contribution in [3.05, 3.63) is 88.2 Å². The first-order valence-electron chi connectivity index (χ1n) is 9.41. The molecule has 0 spiro atoms. The summed E-state index contributed by atoms with van der Waals surface area (Å²) in [6, 6.07) is 11.7. The molecule has 0 saturated carbocycles. The summed E-state index contributed by atoms with van der Waals surface area (Å²) in [5, 5.41) is 36.6. The zero-order valence-corrected chi connectivity index (χ0v) is 17.1. The van der Waals surface area contributed by atoms with E-state index in [0.717, 1.165) is 12.1 Å². The fraction of sp³-hybridized carbons (Fsp3) is 0. The maximum absolute atomic E-state index is 11.2. The van der Waals surface area contributed by atoms with Crippen molar-refractivity contribution in [3.63, 3.8) is 0 Å². The summed E-state index contributed by atoms with van der Waals surface area (Å²) in [5.41, 5.74) is -0.0419. The van der Waals surface area contributed by atoms with E-state index in [4.69, 9.17) is 20.4 Å². The number of hydrogen-bond acceptors (Lipinski definition) is 7. The Kier molecular flexibility index (Phi) is 6.87. The summed E-state index contributed by atoms with van der Waals surface area (Å²) in [4.78, 5) is 57.3. The minimum atomic E-state index is -1.30.